The molecule has 3 atom stereocenters. The Bertz CT molecular complexity index is 1850. The SMILES string of the molecule is C=C1CN2CCC[C@@]2(COc2nc(N3C[C@H]4CC[C@@H](C3)N4)c3c(OCC)c(Cl)c(-c4c(F)ccc5cnn(C)c45)c(F)c3n2)C1. The van der Waals surface area contributed by atoms with E-state index in [-0.39, 0.29) is 45.6 Å². The minimum Gasteiger partial charge on any atom is -0.491 e. The zero-order chi connectivity index (χ0) is 31.0. The molecule has 2 bridgehead atoms. The number of aromatic nitrogens is 4. The zero-order valence-electron chi connectivity index (χ0n) is 25.5. The number of ether oxygens (including phenoxy) is 2. The van der Waals surface area contributed by atoms with E-state index < -0.39 is 11.6 Å². The van der Waals surface area contributed by atoms with E-state index in [1.807, 2.05) is 6.92 Å². The molecule has 0 radical (unpaired) electrons. The Morgan fingerprint density at radius 2 is 1.93 bits per heavy atom. The third-order valence-corrected chi connectivity index (χ3v) is 10.4. The summed E-state index contributed by atoms with van der Waals surface area (Å²) in [6.45, 7) is 9.92. The molecule has 9 nitrogen and oxygen atoms in total. The van der Waals surface area contributed by atoms with Gasteiger partial charge >= 0.3 is 6.01 Å². The first kappa shape index (κ1) is 28.9. The molecule has 4 saturated heterocycles. The molecule has 236 valence electrons. The van der Waals surface area contributed by atoms with Gasteiger partial charge in [0.2, 0.25) is 0 Å². The number of hydrogen-bond donors (Lipinski definition) is 1. The number of nitrogens with one attached hydrogen (secondary N) is 1. The van der Waals surface area contributed by atoms with E-state index >= 15 is 8.78 Å². The Kier molecular flexibility index (Phi) is 6.92. The van der Waals surface area contributed by atoms with Crippen LogP contribution in [0.25, 0.3) is 32.9 Å². The number of anilines is 1. The quantitative estimate of drug-likeness (QED) is 0.262. The summed E-state index contributed by atoms with van der Waals surface area (Å²) in [6.07, 6.45) is 6.66. The Labute approximate surface area is 265 Å². The van der Waals surface area contributed by atoms with Crippen LogP contribution in [-0.2, 0) is 7.05 Å². The molecule has 0 amide bonds. The fourth-order valence-electron chi connectivity index (χ4n) is 8.12. The van der Waals surface area contributed by atoms with Crippen molar-refractivity contribution in [2.24, 2.45) is 7.05 Å². The van der Waals surface area contributed by atoms with Crippen molar-refractivity contribution in [1.29, 1.82) is 0 Å². The van der Waals surface area contributed by atoms with E-state index in [1.54, 1.807) is 19.3 Å². The number of benzene rings is 2. The standard InChI is InChI=1S/C33H36ClF2N7O2/c1-4-44-30-25-28(27(36)24(26(30)34)23-22(35)9-6-19-13-37-41(3)29(19)23)39-32(40-31(25)42-15-20-7-8-21(16-42)38-20)45-17-33-10-5-11-43(33)14-18(2)12-33/h6,9,13,20-21,38H,2,4-5,7-8,10-12,14-17H2,1,3H3/t20-,21+,33-/m0/s1. The molecular weight excluding hydrogens is 600 g/mol. The zero-order valence-corrected chi connectivity index (χ0v) is 26.3. The van der Waals surface area contributed by atoms with Gasteiger partial charge in [-0.05, 0) is 57.7 Å². The second-order valence-electron chi connectivity index (χ2n) is 13.0. The molecule has 4 aliphatic rings. The van der Waals surface area contributed by atoms with Crippen molar-refractivity contribution in [2.45, 2.75) is 56.7 Å². The summed E-state index contributed by atoms with van der Waals surface area (Å²) in [5.74, 6) is -0.642. The van der Waals surface area contributed by atoms with Crippen LogP contribution in [0.15, 0.2) is 30.5 Å². The average molecular weight is 636 g/mol. The summed E-state index contributed by atoms with van der Waals surface area (Å²) in [6, 6.07) is 3.58. The molecular formula is C33H36ClF2N7O2. The predicted octanol–water partition coefficient (Wildman–Crippen LogP) is 5.63. The van der Waals surface area contributed by atoms with Crippen LogP contribution in [0, 0.1) is 11.6 Å². The maximum atomic E-state index is 17.1. The van der Waals surface area contributed by atoms with Gasteiger partial charge in [-0.3, -0.25) is 9.58 Å². The molecule has 4 aromatic rings. The Morgan fingerprint density at radius 1 is 1.13 bits per heavy atom. The van der Waals surface area contributed by atoms with Gasteiger partial charge in [-0.15, -0.1) is 0 Å². The van der Waals surface area contributed by atoms with Gasteiger partial charge in [0.15, 0.2) is 11.6 Å². The molecule has 0 unspecified atom stereocenters. The van der Waals surface area contributed by atoms with Crippen LogP contribution in [0.3, 0.4) is 0 Å². The first-order valence-corrected chi connectivity index (χ1v) is 16.2. The number of fused-ring (bicyclic) bond motifs is 5. The van der Waals surface area contributed by atoms with Gasteiger partial charge in [0, 0.05) is 55.3 Å². The fourth-order valence-corrected chi connectivity index (χ4v) is 8.45. The van der Waals surface area contributed by atoms with Gasteiger partial charge in [0.1, 0.15) is 23.8 Å². The molecule has 0 aliphatic carbocycles. The Morgan fingerprint density at radius 3 is 2.71 bits per heavy atom. The monoisotopic (exact) mass is 635 g/mol. The van der Waals surface area contributed by atoms with E-state index in [9.17, 15) is 0 Å². The molecule has 6 heterocycles. The molecule has 1 N–H and O–H groups in total. The molecule has 0 spiro atoms. The maximum Gasteiger partial charge on any atom is 0.319 e. The van der Waals surface area contributed by atoms with Crippen LogP contribution >= 0.6 is 11.6 Å². The highest BCUT2D eigenvalue weighted by atomic mass is 35.5. The van der Waals surface area contributed by atoms with Crippen LogP contribution in [0.2, 0.25) is 5.02 Å². The van der Waals surface area contributed by atoms with Gasteiger partial charge in [-0.2, -0.15) is 15.1 Å². The highest BCUT2D eigenvalue weighted by Crippen LogP contribution is 2.49. The van der Waals surface area contributed by atoms with Crippen molar-refractivity contribution < 1.29 is 18.3 Å². The fraction of sp³-hybridized carbons (Fsp3) is 0.485. The van der Waals surface area contributed by atoms with Crippen LogP contribution in [-0.4, -0.2) is 81.7 Å². The lowest BCUT2D eigenvalue weighted by molar-refractivity contribution is 0.108. The lowest BCUT2D eigenvalue weighted by Gasteiger charge is -2.35. The number of piperazine rings is 1. The van der Waals surface area contributed by atoms with E-state index in [0.717, 1.165) is 45.2 Å². The van der Waals surface area contributed by atoms with Crippen LogP contribution in [0.5, 0.6) is 11.8 Å². The van der Waals surface area contributed by atoms with Gasteiger partial charge in [-0.1, -0.05) is 23.8 Å². The molecule has 4 aliphatic heterocycles. The van der Waals surface area contributed by atoms with Crippen LogP contribution in [0.1, 0.15) is 39.0 Å². The number of halogens is 3. The maximum absolute atomic E-state index is 17.1. The first-order chi connectivity index (χ1) is 21.8. The van der Waals surface area contributed by atoms with Crippen molar-refractivity contribution in [3.05, 3.63) is 47.1 Å². The second-order valence-corrected chi connectivity index (χ2v) is 13.3. The van der Waals surface area contributed by atoms with Crippen molar-refractivity contribution in [1.82, 2.24) is 30.0 Å². The van der Waals surface area contributed by atoms with Gasteiger partial charge in [-0.25, -0.2) is 8.78 Å². The van der Waals surface area contributed by atoms with Crippen molar-refractivity contribution >= 4 is 39.2 Å². The minimum absolute atomic E-state index is 0.00524. The summed E-state index contributed by atoms with van der Waals surface area (Å²) in [5.41, 5.74) is 1.31. The van der Waals surface area contributed by atoms with E-state index in [0.29, 0.717) is 53.9 Å². The molecule has 2 aromatic carbocycles. The predicted molar refractivity (Wildman–Crippen MR) is 170 cm³/mol. The minimum atomic E-state index is -0.757. The summed E-state index contributed by atoms with van der Waals surface area (Å²) < 4.78 is 47.0. The third kappa shape index (κ3) is 4.57. The van der Waals surface area contributed by atoms with E-state index in [2.05, 4.69) is 31.8 Å². The lowest BCUT2D eigenvalue weighted by atomic mass is 9.94. The smallest absolute Gasteiger partial charge is 0.319 e. The number of rotatable bonds is 7. The Hall–Kier alpha value is -3.54. The lowest BCUT2D eigenvalue weighted by Crippen LogP contribution is -2.51. The Balaban J connectivity index is 1.34. The van der Waals surface area contributed by atoms with E-state index in [4.69, 9.17) is 26.1 Å². The summed E-state index contributed by atoms with van der Waals surface area (Å²) in [7, 11) is 1.69. The normalized spacial score (nSPS) is 24.7. The summed E-state index contributed by atoms with van der Waals surface area (Å²) in [5, 5.41) is 8.93. The van der Waals surface area contributed by atoms with Gasteiger partial charge in [0.05, 0.1) is 34.3 Å². The molecule has 0 saturated carbocycles. The van der Waals surface area contributed by atoms with Crippen molar-refractivity contribution in [3.8, 4) is 22.9 Å². The molecule has 8 rings (SSSR count). The molecule has 45 heavy (non-hydrogen) atoms. The number of hydrogen-bond acceptors (Lipinski definition) is 8. The largest absolute Gasteiger partial charge is 0.491 e. The van der Waals surface area contributed by atoms with Gasteiger partial charge < -0.3 is 19.7 Å². The molecule has 4 fully saturated rings. The highest BCUT2D eigenvalue weighted by Gasteiger charge is 2.47. The van der Waals surface area contributed by atoms with Crippen LogP contribution < -0.4 is 19.7 Å². The van der Waals surface area contributed by atoms with Crippen LogP contribution in [0.4, 0.5) is 14.6 Å². The number of aryl methyl sites for hydroxylation is 1. The topological polar surface area (TPSA) is 80.6 Å². The highest BCUT2D eigenvalue weighted by molar-refractivity contribution is 6.37. The molecule has 2 aromatic heterocycles. The third-order valence-electron chi connectivity index (χ3n) is 10.1. The average Bonchev–Trinajstić information content (AvgIpc) is 3.77. The van der Waals surface area contributed by atoms with Crippen molar-refractivity contribution in [3.63, 3.8) is 0 Å². The van der Waals surface area contributed by atoms with Crippen molar-refractivity contribution in [2.75, 3.05) is 44.3 Å². The summed E-state index contributed by atoms with van der Waals surface area (Å²) >= 11 is 7.05. The van der Waals surface area contributed by atoms with Gasteiger partial charge in [0.25, 0.3) is 0 Å². The number of nitrogens with zero attached hydrogens (tertiary/aromatic N) is 6. The summed E-state index contributed by atoms with van der Waals surface area (Å²) in [4.78, 5) is 14.2. The first-order valence-electron chi connectivity index (χ1n) is 15.8. The van der Waals surface area contributed by atoms with E-state index in [1.165, 1.54) is 16.3 Å². The second kappa shape index (κ2) is 10.8. The molecule has 12 heteroatoms.